The van der Waals surface area contributed by atoms with Crippen LogP contribution in [-0.2, 0) is 4.79 Å². The van der Waals surface area contributed by atoms with Gasteiger partial charge in [0.15, 0.2) is 0 Å². The molecule has 0 aromatic heterocycles. The first-order valence-corrected chi connectivity index (χ1v) is 8.20. The molecule has 2 aliphatic rings. The van der Waals surface area contributed by atoms with Crippen LogP contribution in [0.15, 0.2) is 0 Å². The molecule has 20 heavy (non-hydrogen) atoms. The number of hydrogen-bond acceptors (Lipinski definition) is 3. The summed E-state index contributed by atoms with van der Waals surface area (Å²) in [4.78, 5) is 14.4. The summed E-state index contributed by atoms with van der Waals surface area (Å²) >= 11 is 0. The Kier molecular flexibility index (Phi) is 5.44. The topological polar surface area (TPSA) is 52.6 Å². The average Bonchev–Trinajstić information content (AvgIpc) is 2.88. The van der Waals surface area contributed by atoms with Crippen molar-refractivity contribution in [2.24, 2.45) is 5.92 Å². The van der Waals surface area contributed by atoms with Gasteiger partial charge in [-0.25, -0.2) is 0 Å². The predicted molar refractivity (Wildman–Crippen MR) is 80.5 cm³/mol. The molecule has 1 atom stereocenters. The maximum absolute atomic E-state index is 12.2. The molecule has 0 aromatic carbocycles. The van der Waals surface area contributed by atoms with Crippen molar-refractivity contribution in [3.63, 3.8) is 0 Å². The third kappa shape index (κ3) is 3.73. The zero-order chi connectivity index (χ0) is 14.6. The molecule has 2 rings (SSSR count). The van der Waals surface area contributed by atoms with E-state index in [1.54, 1.807) is 0 Å². The van der Waals surface area contributed by atoms with Crippen LogP contribution in [-0.4, -0.2) is 48.2 Å². The first-order chi connectivity index (χ1) is 9.53. The van der Waals surface area contributed by atoms with Gasteiger partial charge >= 0.3 is 0 Å². The van der Waals surface area contributed by atoms with Crippen molar-refractivity contribution in [1.82, 2.24) is 10.2 Å². The van der Waals surface area contributed by atoms with E-state index in [0.717, 1.165) is 12.8 Å². The highest BCUT2D eigenvalue weighted by atomic mass is 16.3. The minimum absolute atomic E-state index is 0.155. The Morgan fingerprint density at radius 2 is 1.80 bits per heavy atom. The van der Waals surface area contributed by atoms with Gasteiger partial charge in [-0.2, -0.15) is 0 Å². The van der Waals surface area contributed by atoms with Crippen LogP contribution in [0.4, 0.5) is 0 Å². The van der Waals surface area contributed by atoms with E-state index >= 15 is 0 Å². The van der Waals surface area contributed by atoms with Gasteiger partial charge in [0.2, 0.25) is 0 Å². The van der Waals surface area contributed by atoms with Gasteiger partial charge in [0.05, 0.1) is 0 Å². The molecule has 4 nitrogen and oxygen atoms in total. The highest BCUT2D eigenvalue weighted by molar-refractivity contribution is 5.85. The highest BCUT2D eigenvalue weighted by Crippen LogP contribution is 2.30. The van der Waals surface area contributed by atoms with Crippen molar-refractivity contribution in [3.8, 4) is 0 Å². The van der Waals surface area contributed by atoms with Crippen LogP contribution < -0.4 is 5.32 Å². The molecular formula is C16H30N2O2. The van der Waals surface area contributed by atoms with Crippen molar-refractivity contribution < 1.29 is 9.90 Å². The molecule has 116 valence electrons. The molecule has 0 aromatic rings. The molecule has 2 N–H and O–H groups in total. The zero-order valence-electron chi connectivity index (χ0n) is 13.0. The smallest absolute Gasteiger partial charge is 0.252 e. The Morgan fingerprint density at radius 1 is 1.20 bits per heavy atom. The van der Waals surface area contributed by atoms with E-state index in [-0.39, 0.29) is 5.91 Å². The summed E-state index contributed by atoms with van der Waals surface area (Å²) in [5.74, 6) is 0.523. The van der Waals surface area contributed by atoms with Gasteiger partial charge in [-0.05, 0) is 58.5 Å². The first kappa shape index (κ1) is 15.8. The maximum atomic E-state index is 12.2. The van der Waals surface area contributed by atoms with Crippen molar-refractivity contribution in [3.05, 3.63) is 0 Å². The molecule has 2 aliphatic carbocycles. The molecular weight excluding hydrogens is 252 g/mol. The van der Waals surface area contributed by atoms with E-state index < -0.39 is 5.60 Å². The van der Waals surface area contributed by atoms with Crippen LogP contribution in [0.5, 0.6) is 0 Å². The summed E-state index contributed by atoms with van der Waals surface area (Å²) in [5.41, 5.74) is -1.09. The Bertz CT molecular complexity index is 318. The number of amides is 1. The van der Waals surface area contributed by atoms with Crippen LogP contribution in [0.3, 0.4) is 0 Å². The molecule has 0 saturated heterocycles. The Morgan fingerprint density at radius 3 is 2.35 bits per heavy atom. The largest absolute Gasteiger partial charge is 0.380 e. The number of carbonyl (C=O) groups is 1. The fourth-order valence-electron chi connectivity index (χ4n) is 3.84. The van der Waals surface area contributed by atoms with Gasteiger partial charge in [0, 0.05) is 12.6 Å². The van der Waals surface area contributed by atoms with E-state index in [2.05, 4.69) is 24.3 Å². The summed E-state index contributed by atoms with van der Waals surface area (Å²) in [6, 6.07) is 0.393. The van der Waals surface area contributed by atoms with Crippen molar-refractivity contribution in [2.75, 3.05) is 20.6 Å². The third-order valence-electron chi connectivity index (χ3n) is 5.18. The molecule has 0 spiro atoms. The molecule has 0 radical (unpaired) electrons. The number of aliphatic hydroxyl groups is 1. The van der Waals surface area contributed by atoms with E-state index in [4.69, 9.17) is 0 Å². The van der Waals surface area contributed by atoms with Crippen molar-refractivity contribution in [2.45, 2.75) is 69.4 Å². The van der Waals surface area contributed by atoms with Crippen LogP contribution in [0.25, 0.3) is 0 Å². The van der Waals surface area contributed by atoms with Crippen molar-refractivity contribution >= 4 is 5.91 Å². The lowest BCUT2D eigenvalue weighted by atomic mass is 9.83. The fraction of sp³-hybridized carbons (Fsp3) is 0.938. The molecule has 0 bridgehead atoms. The lowest BCUT2D eigenvalue weighted by molar-refractivity contribution is -0.139. The lowest BCUT2D eigenvalue weighted by Gasteiger charge is -2.35. The summed E-state index contributed by atoms with van der Waals surface area (Å²) in [6.45, 7) is 0.665. The lowest BCUT2D eigenvalue weighted by Crippen LogP contribution is -2.51. The fourth-order valence-corrected chi connectivity index (χ4v) is 3.84. The minimum atomic E-state index is -1.09. The van der Waals surface area contributed by atoms with Crippen LogP contribution in [0.2, 0.25) is 0 Å². The average molecular weight is 282 g/mol. The van der Waals surface area contributed by atoms with E-state index in [9.17, 15) is 9.90 Å². The van der Waals surface area contributed by atoms with Crippen LogP contribution >= 0.6 is 0 Å². The van der Waals surface area contributed by atoms with Crippen LogP contribution in [0.1, 0.15) is 57.8 Å². The predicted octanol–water partition coefficient (Wildman–Crippen LogP) is 1.92. The summed E-state index contributed by atoms with van der Waals surface area (Å²) in [7, 11) is 4.19. The van der Waals surface area contributed by atoms with Crippen LogP contribution in [0, 0.1) is 5.92 Å². The molecule has 0 heterocycles. The van der Waals surface area contributed by atoms with Gasteiger partial charge in [-0.3, -0.25) is 4.79 Å². The number of rotatable bonds is 5. The molecule has 4 heteroatoms. The summed E-state index contributed by atoms with van der Waals surface area (Å²) < 4.78 is 0. The first-order valence-electron chi connectivity index (χ1n) is 8.20. The SMILES string of the molecule is CN(C)C(CNC(=O)C1(O)CCCC1)C1CCCCC1. The standard InChI is InChI=1S/C16H30N2O2/c1-18(2)14(13-8-4-3-5-9-13)12-17-15(19)16(20)10-6-7-11-16/h13-14,20H,3-12H2,1-2H3,(H,17,19). The quantitative estimate of drug-likeness (QED) is 0.810. The second-order valence-electron chi connectivity index (χ2n) is 6.88. The Labute approximate surface area is 122 Å². The van der Waals surface area contributed by atoms with E-state index in [0.29, 0.717) is 31.3 Å². The Balaban J connectivity index is 1.86. The summed E-state index contributed by atoms with van der Waals surface area (Å²) in [5, 5.41) is 13.3. The Hall–Kier alpha value is -0.610. The van der Waals surface area contributed by atoms with Crippen molar-refractivity contribution in [1.29, 1.82) is 0 Å². The monoisotopic (exact) mass is 282 g/mol. The van der Waals surface area contributed by atoms with Gasteiger partial charge < -0.3 is 15.3 Å². The number of hydrogen-bond donors (Lipinski definition) is 2. The van der Waals surface area contributed by atoms with E-state index in [1.165, 1.54) is 32.1 Å². The normalized spacial score (nSPS) is 24.8. The minimum Gasteiger partial charge on any atom is -0.380 e. The van der Waals surface area contributed by atoms with Gasteiger partial charge in [-0.15, -0.1) is 0 Å². The number of nitrogens with zero attached hydrogens (tertiary/aromatic N) is 1. The molecule has 2 fully saturated rings. The van der Waals surface area contributed by atoms with Gasteiger partial charge in [0.1, 0.15) is 5.60 Å². The highest BCUT2D eigenvalue weighted by Gasteiger charge is 2.39. The number of nitrogens with one attached hydrogen (secondary N) is 1. The van der Waals surface area contributed by atoms with Gasteiger partial charge in [-0.1, -0.05) is 19.3 Å². The molecule has 1 amide bonds. The summed E-state index contributed by atoms with van der Waals surface area (Å²) in [6.07, 6.45) is 9.67. The van der Waals surface area contributed by atoms with Gasteiger partial charge in [0.25, 0.3) is 5.91 Å². The van der Waals surface area contributed by atoms with E-state index in [1.807, 2.05) is 0 Å². The molecule has 1 unspecified atom stereocenters. The maximum Gasteiger partial charge on any atom is 0.252 e. The number of likely N-dealkylation sites (N-methyl/N-ethyl adjacent to an activating group) is 1. The molecule has 0 aliphatic heterocycles. The number of carbonyl (C=O) groups excluding carboxylic acids is 1. The third-order valence-corrected chi connectivity index (χ3v) is 5.18. The second-order valence-corrected chi connectivity index (χ2v) is 6.88. The zero-order valence-corrected chi connectivity index (χ0v) is 13.0. The second kappa shape index (κ2) is 6.90. The molecule has 2 saturated carbocycles.